The van der Waals surface area contributed by atoms with E-state index in [-0.39, 0.29) is 6.42 Å². The summed E-state index contributed by atoms with van der Waals surface area (Å²) in [6.45, 7) is 2.63. The van der Waals surface area contributed by atoms with E-state index in [2.05, 4.69) is 12.2 Å². The Morgan fingerprint density at radius 2 is 1.79 bits per heavy atom. The molecule has 0 bridgehead atoms. The molecule has 0 saturated carbocycles. The van der Waals surface area contributed by atoms with E-state index in [9.17, 15) is 14.0 Å². The Labute approximate surface area is 170 Å². The third-order valence-electron chi connectivity index (χ3n) is 4.36. The summed E-state index contributed by atoms with van der Waals surface area (Å²) in [7, 11) is 2.77. The number of unbranched alkanes of at least 4 members (excludes halogenated alkanes) is 1. The summed E-state index contributed by atoms with van der Waals surface area (Å²) in [5.41, 5.74) is 0.943. The van der Waals surface area contributed by atoms with E-state index in [4.69, 9.17) is 14.2 Å². The molecular formula is C22H26FNO5. The molecule has 0 heterocycles. The predicted molar refractivity (Wildman–Crippen MR) is 107 cm³/mol. The highest BCUT2D eigenvalue weighted by molar-refractivity contribution is 5.95. The largest absolute Gasteiger partial charge is 0.493 e. The monoisotopic (exact) mass is 403 g/mol. The van der Waals surface area contributed by atoms with E-state index in [0.717, 1.165) is 12.8 Å². The van der Waals surface area contributed by atoms with Crippen molar-refractivity contribution in [3.63, 3.8) is 0 Å². The van der Waals surface area contributed by atoms with E-state index in [1.165, 1.54) is 38.5 Å². The van der Waals surface area contributed by atoms with Gasteiger partial charge in [-0.05, 0) is 42.3 Å². The fraction of sp³-hybridized carbons (Fsp3) is 0.364. The highest BCUT2D eigenvalue weighted by Gasteiger charge is 2.21. The maximum Gasteiger partial charge on any atom is 0.307 e. The molecule has 1 amide bonds. The average molecular weight is 403 g/mol. The zero-order valence-corrected chi connectivity index (χ0v) is 16.9. The van der Waals surface area contributed by atoms with Gasteiger partial charge in [0.05, 0.1) is 33.3 Å². The van der Waals surface area contributed by atoms with Crippen LogP contribution in [0.25, 0.3) is 0 Å². The number of esters is 1. The summed E-state index contributed by atoms with van der Waals surface area (Å²) in [5, 5.41) is 2.80. The third-order valence-corrected chi connectivity index (χ3v) is 4.36. The number of amides is 1. The second-order valence-electron chi connectivity index (χ2n) is 6.43. The van der Waals surface area contributed by atoms with Crippen LogP contribution in [-0.4, -0.2) is 32.7 Å². The number of carbonyl (C=O) groups excluding carboxylic acids is 2. The Kier molecular flexibility index (Phi) is 8.45. The molecule has 6 nitrogen and oxygen atoms in total. The fourth-order valence-corrected chi connectivity index (χ4v) is 2.69. The molecule has 0 fully saturated rings. The Hall–Kier alpha value is -3.09. The molecule has 29 heavy (non-hydrogen) atoms. The lowest BCUT2D eigenvalue weighted by molar-refractivity contribution is -0.141. The first-order valence-electron chi connectivity index (χ1n) is 9.42. The van der Waals surface area contributed by atoms with Crippen LogP contribution in [0.4, 0.5) is 4.39 Å². The number of methoxy groups -OCH3 is 2. The molecular weight excluding hydrogens is 377 g/mol. The first-order chi connectivity index (χ1) is 14.0. The minimum Gasteiger partial charge on any atom is -0.493 e. The van der Waals surface area contributed by atoms with Crippen molar-refractivity contribution in [2.24, 2.45) is 0 Å². The topological polar surface area (TPSA) is 73.9 Å². The summed E-state index contributed by atoms with van der Waals surface area (Å²) in [6.07, 6.45) is 1.84. The van der Waals surface area contributed by atoms with Gasteiger partial charge in [0.15, 0.2) is 11.5 Å². The molecule has 156 valence electrons. The molecule has 0 aliphatic carbocycles. The van der Waals surface area contributed by atoms with E-state index in [1.54, 1.807) is 18.2 Å². The summed E-state index contributed by atoms with van der Waals surface area (Å²) in [4.78, 5) is 24.5. The summed E-state index contributed by atoms with van der Waals surface area (Å²) in [6, 6.07) is 9.81. The molecule has 0 spiro atoms. The molecule has 0 aliphatic heterocycles. The van der Waals surface area contributed by atoms with Gasteiger partial charge in [-0.1, -0.05) is 25.5 Å². The molecule has 0 aromatic heterocycles. The normalized spacial score (nSPS) is 11.4. The van der Waals surface area contributed by atoms with Gasteiger partial charge in [-0.25, -0.2) is 4.39 Å². The van der Waals surface area contributed by atoms with E-state index in [1.807, 2.05) is 0 Å². The SMILES string of the molecule is CCCCOc1ccc(C(=O)NC(CC(=O)OC)c2ccc(F)cc2)cc1OC. The first-order valence-corrected chi connectivity index (χ1v) is 9.42. The maximum absolute atomic E-state index is 13.2. The second-order valence-corrected chi connectivity index (χ2v) is 6.43. The minimum atomic E-state index is -0.665. The molecule has 1 unspecified atom stereocenters. The van der Waals surface area contributed by atoms with Gasteiger partial charge in [0.25, 0.3) is 5.91 Å². The number of rotatable bonds is 10. The molecule has 2 aromatic carbocycles. The molecule has 0 radical (unpaired) electrons. The van der Waals surface area contributed by atoms with Gasteiger partial charge in [-0.3, -0.25) is 9.59 Å². The minimum absolute atomic E-state index is 0.0801. The van der Waals surface area contributed by atoms with Crippen LogP contribution in [0.1, 0.15) is 48.1 Å². The van der Waals surface area contributed by atoms with Crippen LogP contribution in [0, 0.1) is 5.82 Å². The Morgan fingerprint density at radius 1 is 1.07 bits per heavy atom. The molecule has 2 aromatic rings. The van der Waals surface area contributed by atoms with Gasteiger partial charge in [0.2, 0.25) is 0 Å². The number of ether oxygens (including phenoxy) is 3. The van der Waals surface area contributed by atoms with Crippen LogP contribution in [0.2, 0.25) is 0 Å². The average Bonchev–Trinajstić information content (AvgIpc) is 2.73. The zero-order chi connectivity index (χ0) is 21.2. The van der Waals surface area contributed by atoms with Gasteiger partial charge < -0.3 is 19.5 Å². The number of benzene rings is 2. The van der Waals surface area contributed by atoms with E-state index in [0.29, 0.717) is 29.2 Å². The summed E-state index contributed by atoms with van der Waals surface area (Å²) in [5.74, 6) is -0.291. The number of hydrogen-bond donors (Lipinski definition) is 1. The third kappa shape index (κ3) is 6.48. The lowest BCUT2D eigenvalue weighted by atomic mass is 10.0. The molecule has 0 aliphatic rings. The maximum atomic E-state index is 13.2. The Morgan fingerprint density at radius 3 is 2.41 bits per heavy atom. The van der Waals surface area contributed by atoms with Crippen molar-refractivity contribution in [2.45, 2.75) is 32.2 Å². The molecule has 1 N–H and O–H groups in total. The lowest BCUT2D eigenvalue weighted by Gasteiger charge is -2.19. The van der Waals surface area contributed by atoms with Gasteiger partial charge in [0, 0.05) is 5.56 Å². The van der Waals surface area contributed by atoms with Crippen LogP contribution < -0.4 is 14.8 Å². The van der Waals surface area contributed by atoms with Crippen LogP contribution in [-0.2, 0) is 9.53 Å². The predicted octanol–water partition coefficient (Wildman–Crippen LogP) is 4.05. The van der Waals surface area contributed by atoms with Gasteiger partial charge in [-0.2, -0.15) is 0 Å². The quantitative estimate of drug-likeness (QED) is 0.479. The van der Waals surface area contributed by atoms with Crippen molar-refractivity contribution in [1.82, 2.24) is 5.32 Å². The van der Waals surface area contributed by atoms with Crippen LogP contribution in [0.5, 0.6) is 11.5 Å². The Bertz CT molecular complexity index is 822. The zero-order valence-electron chi connectivity index (χ0n) is 16.9. The Balaban J connectivity index is 2.19. The van der Waals surface area contributed by atoms with Crippen molar-refractivity contribution >= 4 is 11.9 Å². The van der Waals surface area contributed by atoms with Crippen molar-refractivity contribution in [3.8, 4) is 11.5 Å². The molecule has 1 atom stereocenters. The van der Waals surface area contributed by atoms with Crippen molar-refractivity contribution in [2.75, 3.05) is 20.8 Å². The number of hydrogen-bond acceptors (Lipinski definition) is 5. The van der Waals surface area contributed by atoms with Crippen molar-refractivity contribution in [3.05, 3.63) is 59.4 Å². The number of carbonyl (C=O) groups is 2. The second kappa shape index (κ2) is 11.0. The van der Waals surface area contributed by atoms with E-state index < -0.39 is 23.7 Å². The van der Waals surface area contributed by atoms with Crippen molar-refractivity contribution < 1.29 is 28.2 Å². The van der Waals surface area contributed by atoms with Crippen LogP contribution in [0.3, 0.4) is 0 Å². The van der Waals surface area contributed by atoms with E-state index >= 15 is 0 Å². The highest BCUT2D eigenvalue weighted by atomic mass is 19.1. The summed E-state index contributed by atoms with van der Waals surface area (Å²) >= 11 is 0. The smallest absolute Gasteiger partial charge is 0.307 e. The molecule has 7 heteroatoms. The van der Waals surface area contributed by atoms with Crippen LogP contribution >= 0.6 is 0 Å². The number of halogens is 1. The summed E-state index contributed by atoms with van der Waals surface area (Å²) < 4.78 is 29.0. The standard InChI is InChI=1S/C22H26FNO5/c1-4-5-12-29-19-11-8-16(13-20(19)27-2)22(26)24-18(14-21(25)28-3)15-6-9-17(23)10-7-15/h6-11,13,18H,4-5,12,14H2,1-3H3,(H,24,26). The molecule has 2 rings (SSSR count). The van der Waals surface area contributed by atoms with Gasteiger partial charge in [-0.15, -0.1) is 0 Å². The number of nitrogens with one attached hydrogen (secondary N) is 1. The van der Waals surface area contributed by atoms with Gasteiger partial charge in [0.1, 0.15) is 5.82 Å². The fourth-order valence-electron chi connectivity index (χ4n) is 2.69. The van der Waals surface area contributed by atoms with Crippen LogP contribution in [0.15, 0.2) is 42.5 Å². The van der Waals surface area contributed by atoms with Gasteiger partial charge >= 0.3 is 5.97 Å². The van der Waals surface area contributed by atoms with Crippen molar-refractivity contribution in [1.29, 1.82) is 0 Å². The highest BCUT2D eigenvalue weighted by Crippen LogP contribution is 2.29. The first kappa shape index (κ1) is 22.2. The lowest BCUT2D eigenvalue weighted by Crippen LogP contribution is -2.30. The molecule has 0 saturated heterocycles.